The quantitative estimate of drug-likeness (QED) is 0.376. The van der Waals surface area contributed by atoms with Gasteiger partial charge in [0.25, 0.3) is 0 Å². The van der Waals surface area contributed by atoms with Crippen molar-refractivity contribution in [1.82, 2.24) is 0 Å². The van der Waals surface area contributed by atoms with Gasteiger partial charge in [-0.25, -0.2) is 0 Å². The smallest absolute Gasteiger partial charge is 0.216 e. The van der Waals surface area contributed by atoms with Crippen molar-refractivity contribution in [2.45, 2.75) is 24.6 Å². The molecule has 3 heteroatoms. The van der Waals surface area contributed by atoms with E-state index in [1.165, 1.54) is 0 Å². The fraction of sp³-hybridized carbons (Fsp3) is 0.667. The summed E-state index contributed by atoms with van der Waals surface area (Å²) in [7, 11) is 0. The zero-order valence-electron chi connectivity index (χ0n) is 4.89. The Morgan fingerprint density at radius 3 is 2.56 bits per heavy atom. The number of rotatable bonds is 0. The third-order valence-corrected chi connectivity index (χ3v) is 1.84. The third kappa shape index (κ3) is 1.30. The SMILES string of the molecule is O=C1CCC[C@@H](Cl)C1=O. The van der Waals surface area contributed by atoms with Crippen LogP contribution in [-0.4, -0.2) is 16.9 Å². The highest BCUT2D eigenvalue weighted by molar-refractivity contribution is 6.50. The van der Waals surface area contributed by atoms with Crippen molar-refractivity contribution in [2.24, 2.45) is 0 Å². The molecule has 1 atom stereocenters. The molecule has 0 aliphatic heterocycles. The Labute approximate surface area is 58.2 Å². The molecule has 9 heavy (non-hydrogen) atoms. The first kappa shape index (κ1) is 6.75. The lowest BCUT2D eigenvalue weighted by molar-refractivity contribution is -0.137. The number of hydrogen-bond donors (Lipinski definition) is 0. The van der Waals surface area contributed by atoms with Gasteiger partial charge in [-0.1, -0.05) is 0 Å². The highest BCUT2D eigenvalue weighted by Crippen LogP contribution is 2.16. The van der Waals surface area contributed by atoms with Crippen molar-refractivity contribution in [3.05, 3.63) is 0 Å². The molecule has 0 aromatic heterocycles. The summed E-state index contributed by atoms with van der Waals surface area (Å²) in [5.41, 5.74) is 0. The van der Waals surface area contributed by atoms with E-state index in [2.05, 4.69) is 0 Å². The number of Topliss-reactive ketones (excluding diaryl/α,β-unsaturated/α-hetero) is 2. The minimum absolute atomic E-state index is 0.304. The van der Waals surface area contributed by atoms with Crippen LogP contribution in [0.5, 0.6) is 0 Å². The maximum Gasteiger partial charge on any atom is 0.216 e. The van der Waals surface area contributed by atoms with Gasteiger partial charge in [0, 0.05) is 6.42 Å². The molecule has 0 aromatic rings. The molecule has 1 rings (SSSR count). The monoisotopic (exact) mass is 146 g/mol. The van der Waals surface area contributed by atoms with E-state index in [4.69, 9.17) is 11.6 Å². The minimum atomic E-state index is -0.536. The molecule has 0 aromatic carbocycles. The molecule has 1 fully saturated rings. The molecule has 2 nitrogen and oxygen atoms in total. The van der Waals surface area contributed by atoms with E-state index in [1.807, 2.05) is 0 Å². The Morgan fingerprint density at radius 1 is 1.44 bits per heavy atom. The largest absolute Gasteiger partial charge is 0.291 e. The maximum absolute atomic E-state index is 10.6. The van der Waals surface area contributed by atoms with Crippen molar-refractivity contribution in [1.29, 1.82) is 0 Å². The zero-order valence-corrected chi connectivity index (χ0v) is 5.65. The predicted molar refractivity (Wildman–Crippen MR) is 33.5 cm³/mol. The lowest BCUT2D eigenvalue weighted by atomic mass is 9.98. The van der Waals surface area contributed by atoms with Gasteiger partial charge in [0.15, 0.2) is 5.78 Å². The van der Waals surface area contributed by atoms with Crippen LogP contribution >= 0.6 is 11.6 Å². The first-order valence-electron chi connectivity index (χ1n) is 2.93. The minimum Gasteiger partial charge on any atom is -0.291 e. The Hall–Kier alpha value is -0.370. The number of ketones is 2. The first-order chi connectivity index (χ1) is 4.22. The van der Waals surface area contributed by atoms with Crippen LogP contribution in [0.2, 0.25) is 0 Å². The van der Waals surface area contributed by atoms with Crippen LogP contribution in [0.1, 0.15) is 19.3 Å². The second-order valence-electron chi connectivity index (χ2n) is 2.15. The van der Waals surface area contributed by atoms with Gasteiger partial charge in [-0.2, -0.15) is 0 Å². The van der Waals surface area contributed by atoms with Crippen molar-refractivity contribution < 1.29 is 9.59 Å². The molecule has 1 aliphatic carbocycles. The van der Waals surface area contributed by atoms with Crippen LogP contribution in [-0.2, 0) is 9.59 Å². The molecule has 0 bridgehead atoms. The van der Waals surface area contributed by atoms with Crippen molar-refractivity contribution in [3.8, 4) is 0 Å². The molecule has 0 radical (unpaired) electrons. The van der Waals surface area contributed by atoms with Crippen LogP contribution in [0.4, 0.5) is 0 Å². The van der Waals surface area contributed by atoms with Crippen molar-refractivity contribution in [2.75, 3.05) is 0 Å². The second-order valence-corrected chi connectivity index (χ2v) is 2.67. The Balaban J connectivity index is 2.62. The lowest BCUT2D eigenvalue weighted by Crippen LogP contribution is -2.28. The summed E-state index contributed by atoms with van der Waals surface area (Å²) in [5, 5.41) is -0.536. The topological polar surface area (TPSA) is 34.1 Å². The summed E-state index contributed by atoms with van der Waals surface area (Å²) in [6.07, 6.45) is 1.81. The number of halogens is 1. The summed E-state index contributed by atoms with van der Waals surface area (Å²) in [6.45, 7) is 0. The number of alkyl halides is 1. The predicted octanol–water partition coefficient (Wildman–Crippen LogP) is 0.916. The molecule has 50 valence electrons. The van der Waals surface area contributed by atoms with Gasteiger partial charge >= 0.3 is 0 Å². The highest BCUT2D eigenvalue weighted by atomic mass is 35.5. The average molecular weight is 147 g/mol. The van der Waals surface area contributed by atoms with E-state index in [-0.39, 0.29) is 5.78 Å². The molecule has 0 N–H and O–H groups in total. The molecule has 0 unspecified atom stereocenters. The number of carbonyl (C=O) groups excluding carboxylic acids is 2. The van der Waals surface area contributed by atoms with E-state index in [9.17, 15) is 9.59 Å². The van der Waals surface area contributed by atoms with Crippen LogP contribution < -0.4 is 0 Å². The third-order valence-electron chi connectivity index (χ3n) is 1.42. The molecule has 0 amide bonds. The molecule has 0 saturated heterocycles. The number of hydrogen-bond acceptors (Lipinski definition) is 2. The summed E-state index contributed by atoms with van der Waals surface area (Å²) in [5.74, 6) is -0.704. The van der Waals surface area contributed by atoms with Gasteiger partial charge in [-0.3, -0.25) is 9.59 Å². The van der Waals surface area contributed by atoms with E-state index >= 15 is 0 Å². The highest BCUT2D eigenvalue weighted by Gasteiger charge is 2.26. The standard InChI is InChI=1S/C6H7ClO2/c7-4-2-1-3-5(8)6(4)9/h4H,1-3H2/t4-/m1/s1. The average Bonchev–Trinajstić information content (AvgIpc) is 1.83. The van der Waals surface area contributed by atoms with E-state index in [0.717, 1.165) is 6.42 Å². The Bertz CT molecular complexity index is 153. The van der Waals surface area contributed by atoms with Crippen LogP contribution in [0, 0.1) is 0 Å². The zero-order chi connectivity index (χ0) is 6.85. The van der Waals surface area contributed by atoms with E-state index in [1.54, 1.807) is 0 Å². The molecular weight excluding hydrogens is 140 g/mol. The van der Waals surface area contributed by atoms with Gasteiger partial charge in [-0.15, -0.1) is 11.6 Å². The van der Waals surface area contributed by atoms with Crippen LogP contribution in [0.25, 0.3) is 0 Å². The fourth-order valence-corrected chi connectivity index (χ4v) is 1.15. The van der Waals surface area contributed by atoms with Crippen molar-refractivity contribution in [3.63, 3.8) is 0 Å². The Morgan fingerprint density at radius 2 is 2.11 bits per heavy atom. The second kappa shape index (κ2) is 2.48. The normalized spacial score (nSPS) is 28.8. The van der Waals surface area contributed by atoms with Gasteiger partial charge < -0.3 is 0 Å². The van der Waals surface area contributed by atoms with Gasteiger partial charge in [0.1, 0.15) is 0 Å². The Kier molecular flexibility index (Phi) is 1.86. The lowest BCUT2D eigenvalue weighted by Gasteiger charge is -2.11. The summed E-state index contributed by atoms with van der Waals surface area (Å²) in [6, 6.07) is 0. The summed E-state index contributed by atoms with van der Waals surface area (Å²) >= 11 is 5.49. The van der Waals surface area contributed by atoms with Gasteiger partial charge in [0.05, 0.1) is 5.38 Å². The van der Waals surface area contributed by atoms with Gasteiger partial charge in [0.2, 0.25) is 5.78 Å². The van der Waals surface area contributed by atoms with Crippen molar-refractivity contribution >= 4 is 23.2 Å². The van der Waals surface area contributed by atoms with E-state index < -0.39 is 11.2 Å². The molecule has 0 spiro atoms. The molecule has 1 aliphatic rings. The first-order valence-corrected chi connectivity index (χ1v) is 3.36. The number of carbonyl (C=O) groups is 2. The molecule has 1 saturated carbocycles. The van der Waals surface area contributed by atoms with Gasteiger partial charge in [-0.05, 0) is 12.8 Å². The molecular formula is C6H7ClO2. The maximum atomic E-state index is 10.6. The fourth-order valence-electron chi connectivity index (χ4n) is 0.871. The van der Waals surface area contributed by atoms with Crippen LogP contribution in [0.15, 0.2) is 0 Å². The molecule has 0 heterocycles. The summed E-state index contributed by atoms with van der Waals surface area (Å²) in [4.78, 5) is 21.2. The van der Waals surface area contributed by atoms with Crippen LogP contribution in [0.3, 0.4) is 0 Å². The summed E-state index contributed by atoms with van der Waals surface area (Å²) < 4.78 is 0. The van der Waals surface area contributed by atoms with E-state index in [0.29, 0.717) is 12.8 Å².